The Labute approximate surface area is 114 Å². The number of halogens is 1. The molecule has 1 aliphatic rings. The number of imide groups is 1. The van der Waals surface area contributed by atoms with E-state index < -0.39 is 5.41 Å². The Hall–Kier alpha value is -1.36. The van der Waals surface area contributed by atoms with E-state index in [4.69, 9.17) is 5.73 Å². The first-order valence-corrected chi connectivity index (χ1v) is 6.49. The summed E-state index contributed by atoms with van der Waals surface area (Å²) in [7, 11) is 0. The highest BCUT2D eigenvalue weighted by Gasteiger charge is 2.44. The van der Waals surface area contributed by atoms with Crippen LogP contribution in [0.5, 0.6) is 0 Å². The maximum Gasteiger partial charge on any atom is 0.235 e. The summed E-state index contributed by atoms with van der Waals surface area (Å²) in [6.45, 7) is 3.88. The molecule has 18 heavy (non-hydrogen) atoms. The number of nitrogen functional groups attached to an aromatic ring is 1. The van der Waals surface area contributed by atoms with E-state index in [1.807, 2.05) is 12.1 Å². The first-order valence-electron chi connectivity index (χ1n) is 5.70. The molecule has 0 radical (unpaired) electrons. The molecule has 1 aliphatic heterocycles. The molecule has 96 valence electrons. The lowest BCUT2D eigenvalue weighted by atomic mass is 9.92. The van der Waals surface area contributed by atoms with Crippen molar-refractivity contribution in [3.8, 4) is 0 Å². The predicted molar refractivity (Wildman–Crippen MR) is 72.5 cm³/mol. The van der Waals surface area contributed by atoms with Crippen LogP contribution in [0.4, 0.5) is 5.69 Å². The minimum Gasteiger partial charge on any atom is -0.398 e. The number of nitrogens with two attached hydrogens (primary N) is 1. The van der Waals surface area contributed by atoms with Crippen LogP contribution in [0.25, 0.3) is 0 Å². The largest absolute Gasteiger partial charge is 0.398 e. The number of carbonyl (C=O) groups is 2. The van der Waals surface area contributed by atoms with Crippen LogP contribution in [0.3, 0.4) is 0 Å². The monoisotopic (exact) mass is 310 g/mol. The second kappa shape index (κ2) is 4.39. The quantitative estimate of drug-likeness (QED) is 0.673. The number of amides is 2. The van der Waals surface area contributed by atoms with Crippen molar-refractivity contribution < 1.29 is 9.59 Å². The molecule has 0 bridgehead atoms. The highest BCUT2D eigenvalue weighted by atomic mass is 79.9. The summed E-state index contributed by atoms with van der Waals surface area (Å²) in [5.74, 6) is -0.236. The summed E-state index contributed by atoms with van der Waals surface area (Å²) in [5.41, 5.74) is 6.66. The van der Waals surface area contributed by atoms with Crippen LogP contribution in [0, 0.1) is 5.41 Å². The molecule has 0 atom stereocenters. The van der Waals surface area contributed by atoms with Gasteiger partial charge in [-0.15, -0.1) is 0 Å². The van der Waals surface area contributed by atoms with Gasteiger partial charge in [0.2, 0.25) is 11.8 Å². The molecule has 2 rings (SSSR count). The van der Waals surface area contributed by atoms with E-state index in [-0.39, 0.29) is 18.2 Å². The second-order valence-corrected chi connectivity index (χ2v) is 6.06. The van der Waals surface area contributed by atoms with Gasteiger partial charge in [-0.2, -0.15) is 0 Å². The molecule has 1 saturated heterocycles. The van der Waals surface area contributed by atoms with E-state index in [1.54, 1.807) is 19.9 Å². The molecule has 1 heterocycles. The molecule has 0 spiro atoms. The smallest absolute Gasteiger partial charge is 0.235 e. The highest BCUT2D eigenvalue weighted by molar-refractivity contribution is 9.10. The average molecular weight is 311 g/mol. The summed E-state index contributed by atoms with van der Waals surface area (Å²) in [5, 5.41) is 0. The number of carbonyl (C=O) groups excluding carboxylic acids is 2. The van der Waals surface area contributed by atoms with Gasteiger partial charge in [0.25, 0.3) is 0 Å². The number of likely N-dealkylation sites (tertiary alicyclic amines) is 1. The molecule has 0 saturated carbocycles. The normalized spacial score (nSPS) is 18.5. The zero-order chi connectivity index (χ0) is 13.5. The summed E-state index contributed by atoms with van der Waals surface area (Å²) in [6.07, 6.45) is 0.276. The van der Waals surface area contributed by atoms with E-state index in [9.17, 15) is 9.59 Å². The predicted octanol–water partition coefficient (Wildman–Crippen LogP) is 2.32. The molecule has 0 aromatic heterocycles. The number of hydrogen-bond acceptors (Lipinski definition) is 3. The SMILES string of the molecule is CC1(C)CC(=O)N(Cc2ccc(Br)c(N)c2)C1=O. The van der Waals surface area contributed by atoms with E-state index in [0.717, 1.165) is 10.0 Å². The Balaban J connectivity index is 2.22. The molecular formula is C13H15BrN2O2. The van der Waals surface area contributed by atoms with Gasteiger partial charge >= 0.3 is 0 Å². The average Bonchev–Trinajstić information content (AvgIpc) is 2.46. The molecule has 1 aromatic carbocycles. The van der Waals surface area contributed by atoms with Gasteiger partial charge in [0, 0.05) is 16.6 Å². The molecule has 0 aliphatic carbocycles. The van der Waals surface area contributed by atoms with Crippen LogP contribution in [0.2, 0.25) is 0 Å². The zero-order valence-corrected chi connectivity index (χ0v) is 12.0. The van der Waals surface area contributed by atoms with E-state index in [2.05, 4.69) is 15.9 Å². The van der Waals surface area contributed by atoms with Gasteiger partial charge in [-0.1, -0.05) is 19.9 Å². The van der Waals surface area contributed by atoms with Crippen LogP contribution in [0.1, 0.15) is 25.8 Å². The Kier molecular flexibility index (Phi) is 3.19. The Morgan fingerprint density at radius 1 is 1.39 bits per heavy atom. The number of rotatable bonds is 2. The first-order chi connectivity index (χ1) is 8.31. The Morgan fingerprint density at radius 3 is 2.56 bits per heavy atom. The molecule has 5 heteroatoms. The third-order valence-corrected chi connectivity index (χ3v) is 3.84. The van der Waals surface area contributed by atoms with Gasteiger partial charge < -0.3 is 5.73 Å². The van der Waals surface area contributed by atoms with Crippen LogP contribution in [-0.4, -0.2) is 16.7 Å². The highest BCUT2D eigenvalue weighted by Crippen LogP contribution is 2.33. The van der Waals surface area contributed by atoms with Crippen LogP contribution in [-0.2, 0) is 16.1 Å². The second-order valence-electron chi connectivity index (χ2n) is 5.20. The van der Waals surface area contributed by atoms with Gasteiger partial charge in [-0.3, -0.25) is 14.5 Å². The van der Waals surface area contributed by atoms with Gasteiger partial charge in [0.15, 0.2) is 0 Å². The molecular weight excluding hydrogens is 296 g/mol. The van der Waals surface area contributed by atoms with Gasteiger partial charge in [0.05, 0.1) is 12.0 Å². The van der Waals surface area contributed by atoms with Crippen molar-refractivity contribution >= 4 is 33.4 Å². The minimum atomic E-state index is -0.585. The van der Waals surface area contributed by atoms with Crippen LogP contribution in [0.15, 0.2) is 22.7 Å². The van der Waals surface area contributed by atoms with Crippen LogP contribution < -0.4 is 5.73 Å². The third kappa shape index (κ3) is 2.27. The summed E-state index contributed by atoms with van der Waals surface area (Å²) < 4.78 is 0.811. The molecule has 2 N–H and O–H groups in total. The van der Waals surface area contributed by atoms with Crippen molar-refractivity contribution in [1.82, 2.24) is 4.90 Å². The fraction of sp³-hybridized carbons (Fsp3) is 0.385. The molecule has 1 aromatic rings. The fourth-order valence-electron chi connectivity index (χ4n) is 2.06. The van der Waals surface area contributed by atoms with Gasteiger partial charge in [-0.05, 0) is 33.6 Å². The van der Waals surface area contributed by atoms with Crippen molar-refractivity contribution in [2.45, 2.75) is 26.8 Å². The zero-order valence-electron chi connectivity index (χ0n) is 10.4. The van der Waals surface area contributed by atoms with Gasteiger partial charge in [-0.25, -0.2) is 0 Å². The Morgan fingerprint density at radius 2 is 2.06 bits per heavy atom. The van der Waals surface area contributed by atoms with Crippen molar-refractivity contribution in [2.75, 3.05) is 5.73 Å². The molecule has 0 unspecified atom stereocenters. The Bertz CT molecular complexity index is 526. The van der Waals surface area contributed by atoms with E-state index >= 15 is 0 Å². The minimum absolute atomic E-state index is 0.117. The summed E-state index contributed by atoms with van der Waals surface area (Å²) in [4.78, 5) is 25.2. The maximum absolute atomic E-state index is 12.1. The fourth-order valence-corrected chi connectivity index (χ4v) is 2.31. The first kappa shape index (κ1) is 13.1. The maximum atomic E-state index is 12.1. The topological polar surface area (TPSA) is 63.4 Å². The summed E-state index contributed by atoms with van der Waals surface area (Å²) >= 11 is 3.31. The molecule has 2 amide bonds. The van der Waals surface area contributed by atoms with E-state index in [1.165, 1.54) is 4.90 Å². The molecule has 4 nitrogen and oxygen atoms in total. The summed E-state index contributed by atoms with van der Waals surface area (Å²) in [6, 6.07) is 5.45. The van der Waals surface area contributed by atoms with Crippen LogP contribution >= 0.6 is 15.9 Å². The van der Waals surface area contributed by atoms with Crippen molar-refractivity contribution in [3.63, 3.8) is 0 Å². The standard InChI is InChI=1S/C13H15BrN2O2/c1-13(2)6-11(17)16(12(13)18)7-8-3-4-9(14)10(15)5-8/h3-5H,6-7,15H2,1-2H3. The number of benzene rings is 1. The lowest BCUT2D eigenvalue weighted by molar-refractivity contribution is -0.141. The van der Waals surface area contributed by atoms with Crippen molar-refractivity contribution in [1.29, 1.82) is 0 Å². The third-order valence-electron chi connectivity index (χ3n) is 3.12. The number of hydrogen-bond donors (Lipinski definition) is 1. The lowest BCUT2D eigenvalue weighted by Gasteiger charge is -2.18. The molecule has 1 fully saturated rings. The van der Waals surface area contributed by atoms with Crippen molar-refractivity contribution in [2.24, 2.45) is 5.41 Å². The van der Waals surface area contributed by atoms with Crippen molar-refractivity contribution in [3.05, 3.63) is 28.2 Å². The lowest BCUT2D eigenvalue weighted by Crippen LogP contribution is -2.32. The number of nitrogens with zero attached hydrogens (tertiary/aromatic N) is 1. The van der Waals surface area contributed by atoms with E-state index in [0.29, 0.717) is 12.2 Å². The van der Waals surface area contributed by atoms with Gasteiger partial charge in [0.1, 0.15) is 0 Å². The number of anilines is 1.